The van der Waals surface area contributed by atoms with Crippen LogP contribution in [0, 0.1) is 0 Å². The molecular weight excluding hydrogens is 235 g/mol. The fourth-order valence-corrected chi connectivity index (χ4v) is 1.43. The van der Waals surface area contributed by atoms with E-state index in [1.807, 2.05) is 36.4 Å². The second kappa shape index (κ2) is 6.75. The first-order valence-electron chi connectivity index (χ1n) is 5.16. The molecular formula is C12H13BO5. The van der Waals surface area contributed by atoms with Crippen molar-refractivity contribution in [2.24, 2.45) is 0 Å². The van der Waals surface area contributed by atoms with Crippen LogP contribution in [0.15, 0.2) is 42.5 Å². The molecule has 0 amide bonds. The topological polar surface area (TPSA) is 87.0 Å². The molecule has 0 saturated carbocycles. The lowest BCUT2D eigenvalue weighted by Gasteiger charge is -2.01. The third-order valence-corrected chi connectivity index (χ3v) is 2.17. The van der Waals surface area contributed by atoms with E-state index < -0.39 is 7.32 Å². The third kappa shape index (κ3) is 4.17. The van der Waals surface area contributed by atoms with Gasteiger partial charge >= 0.3 is 13.3 Å². The van der Waals surface area contributed by atoms with Crippen LogP contribution in [0.5, 0.6) is 0 Å². The van der Waals surface area contributed by atoms with Crippen LogP contribution < -0.4 is 0 Å². The van der Waals surface area contributed by atoms with E-state index in [1.54, 1.807) is 6.07 Å². The van der Waals surface area contributed by atoms with Gasteiger partial charge in [0.25, 0.3) is 0 Å². The minimum Gasteiger partial charge on any atom is -0.465 e. The van der Waals surface area contributed by atoms with Gasteiger partial charge in [-0.05, 0) is 22.9 Å². The van der Waals surface area contributed by atoms with Crippen molar-refractivity contribution >= 4 is 24.1 Å². The summed E-state index contributed by atoms with van der Waals surface area (Å²) in [4.78, 5) is 11.2. The number of methoxy groups -OCH3 is 1. The molecule has 0 spiro atoms. The molecule has 6 heteroatoms. The molecule has 0 fully saturated rings. The quantitative estimate of drug-likeness (QED) is 0.507. The van der Waals surface area contributed by atoms with E-state index in [0.29, 0.717) is 5.56 Å². The summed E-state index contributed by atoms with van der Waals surface area (Å²) in [5, 5.41) is 23.7. The summed E-state index contributed by atoms with van der Waals surface area (Å²) >= 11 is 0. The maximum Gasteiger partial charge on any atom is 0.631 e. The van der Waals surface area contributed by atoms with Crippen LogP contribution in [0.1, 0.15) is 10.4 Å². The van der Waals surface area contributed by atoms with Crippen LogP contribution in [0.4, 0.5) is 0 Å². The van der Waals surface area contributed by atoms with Gasteiger partial charge in [0, 0.05) is 0 Å². The number of hydrogen-bond acceptors (Lipinski definition) is 5. The van der Waals surface area contributed by atoms with E-state index in [0.717, 1.165) is 10.8 Å². The van der Waals surface area contributed by atoms with Crippen LogP contribution >= 0.6 is 0 Å². The molecule has 0 atom stereocenters. The fraction of sp³-hybridized carbons (Fsp3) is 0.0833. The Morgan fingerprint density at radius 3 is 2.17 bits per heavy atom. The summed E-state index contributed by atoms with van der Waals surface area (Å²) in [7, 11) is -0.780. The number of carbonyl (C=O) groups is 1. The molecule has 0 saturated heterocycles. The predicted molar refractivity (Wildman–Crippen MR) is 67.7 cm³/mol. The molecule has 0 aliphatic rings. The van der Waals surface area contributed by atoms with Gasteiger partial charge in [-0.3, -0.25) is 0 Å². The zero-order valence-corrected chi connectivity index (χ0v) is 9.78. The Hall–Kier alpha value is -1.89. The van der Waals surface area contributed by atoms with E-state index in [4.69, 9.17) is 15.1 Å². The summed E-state index contributed by atoms with van der Waals surface area (Å²) in [6, 6.07) is 13.4. The first-order valence-corrected chi connectivity index (χ1v) is 5.16. The zero-order valence-electron chi connectivity index (χ0n) is 9.78. The van der Waals surface area contributed by atoms with E-state index in [-0.39, 0.29) is 5.97 Å². The average molecular weight is 248 g/mol. The van der Waals surface area contributed by atoms with Crippen molar-refractivity contribution in [2.75, 3.05) is 7.11 Å². The van der Waals surface area contributed by atoms with Crippen LogP contribution in [0.2, 0.25) is 0 Å². The molecule has 5 nitrogen and oxygen atoms in total. The van der Waals surface area contributed by atoms with Crippen molar-refractivity contribution in [1.29, 1.82) is 0 Å². The zero-order chi connectivity index (χ0) is 13.5. The number of fused-ring (bicyclic) bond motifs is 1. The van der Waals surface area contributed by atoms with E-state index in [1.165, 1.54) is 7.11 Å². The Balaban J connectivity index is 0.000000357. The standard InChI is InChI=1S/C12H10O2.BH3O3/c1-14-12(13)11-7-6-9-4-2-3-5-10(9)8-11;2-1(3)4/h2-8H,1H3;2-4H. The average Bonchev–Trinajstić information content (AvgIpc) is 2.36. The SMILES string of the molecule is COC(=O)c1ccc2ccccc2c1.OB(O)O. The first-order chi connectivity index (χ1) is 8.54. The molecule has 2 aromatic carbocycles. The Labute approximate surface area is 104 Å². The monoisotopic (exact) mass is 248 g/mol. The second-order valence-corrected chi connectivity index (χ2v) is 3.40. The van der Waals surface area contributed by atoms with E-state index >= 15 is 0 Å². The minimum atomic E-state index is -2.17. The molecule has 0 aliphatic heterocycles. The summed E-state index contributed by atoms with van der Waals surface area (Å²) in [5.74, 6) is -0.296. The van der Waals surface area contributed by atoms with Crippen LogP contribution in [-0.4, -0.2) is 35.5 Å². The Morgan fingerprint density at radius 2 is 1.61 bits per heavy atom. The molecule has 0 radical (unpaired) electrons. The Kier molecular flexibility index (Phi) is 5.32. The lowest BCUT2D eigenvalue weighted by Crippen LogP contribution is -2.07. The van der Waals surface area contributed by atoms with Gasteiger partial charge in [-0.25, -0.2) is 4.79 Å². The molecule has 3 N–H and O–H groups in total. The summed E-state index contributed by atoms with van der Waals surface area (Å²) < 4.78 is 4.65. The second-order valence-electron chi connectivity index (χ2n) is 3.40. The Morgan fingerprint density at radius 1 is 1.06 bits per heavy atom. The van der Waals surface area contributed by atoms with Crippen molar-refractivity contribution in [3.8, 4) is 0 Å². The van der Waals surface area contributed by atoms with Crippen molar-refractivity contribution in [1.82, 2.24) is 0 Å². The maximum atomic E-state index is 11.2. The summed E-state index contributed by atoms with van der Waals surface area (Å²) in [6.07, 6.45) is 0. The van der Waals surface area contributed by atoms with Crippen LogP contribution in [0.25, 0.3) is 10.8 Å². The molecule has 94 valence electrons. The molecule has 0 unspecified atom stereocenters. The number of carbonyl (C=O) groups excluding carboxylic acids is 1. The maximum absolute atomic E-state index is 11.2. The highest BCUT2D eigenvalue weighted by Crippen LogP contribution is 2.15. The number of hydrogen-bond donors (Lipinski definition) is 3. The number of rotatable bonds is 1. The smallest absolute Gasteiger partial charge is 0.465 e. The molecule has 0 aliphatic carbocycles. The molecule has 0 aromatic heterocycles. The van der Waals surface area contributed by atoms with Gasteiger partial charge in [-0.1, -0.05) is 30.3 Å². The van der Waals surface area contributed by atoms with Gasteiger partial charge < -0.3 is 19.8 Å². The predicted octanol–water partition coefficient (Wildman–Crippen LogP) is 0.575. The highest BCUT2D eigenvalue weighted by molar-refractivity contribution is 6.30. The Bertz CT molecular complexity index is 524. The molecule has 0 bridgehead atoms. The van der Waals surface area contributed by atoms with E-state index in [9.17, 15) is 4.79 Å². The van der Waals surface area contributed by atoms with Crippen molar-refractivity contribution in [2.45, 2.75) is 0 Å². The highest BCUT2D eigenvalue weighted by Gasteiger charge is 2.04. The minimum absolute atomic E-state index is 0.296. The number of benzene rings is 2. The lowest BCUT2D eigenvalue weighted by atomic mass is 10.1. The van der Waals surface area contributed by atoms with Crippen LogP contribution in [0.3, 0.4) is 0 Å². The normalized spacial score (nSPS) is 9.33. The van der Waals surface area contributed by atoms with Crippen LogP contribution in [-0.2, 0) is 4.74 Å². The molecule has 18 heavy (non-hydrogen) atoms. The third-order valence-electron chi connectivity index (χ3n) is 2.17. The first kappa shape index (κ1) is 14.2. The lowest BCUT2D eigenvalue weighted by molar-refractivity contribution is 0.0601. The summed E-state index contributed by atoms with van der Waals surface area (Å²) in [5.41, 5.74) is 0.589. The van der Waals surface area contributed by atoms with E-state index in [2.05, 4.69) is 4.74 Å². The molecule has 2 rings (SSSR count). The summed E-state index contributed by atoms with van der Waals surface area (Å²) in [6.45, 7) is 0. The molecule has 2 aromatic rings. The fourth-order valence-electron chi connectivity index (χ4n) is 1.43. The largest absolute Gasteiger partial charge is 0.631 e. The number of esters is 1. The van der Waals surface area contributed by atoms with Gasteiger partial charge in [0.05, 0.1) is 12.7 Å². The van der Waals surface area contributed by atoms with Gasteiger partial charge in [0.1, 0.15) is 0 Å². The van der Waals surface area contributed by atoms with Gasteiger partial charge in [-0.2, -0.15) is 0 Å². The van der Waals surface area contributed by atoms with Crippen molar-refractivity contribution < 1.29 is 24.6 Å². The molecule has 0 heterocycles. The van der Waals surface area contributed by atoms with Gasteiger partial charge in [0.15, 0.2) is 0 Å². The van der Waals surface area contributed by atoms with Crippen molar-refractivity contribution in [3.05, 3.63) is 48.0 Å². The van der Waals surface area contributed by atoms with Gasteiger partial charge in [-0.15, -0.1) is 0 Å². The highest BCUT2D eigenvalue weighted by atomic mass is 16.5. The van der Waals surface area contributed by atoms with Crippen molar-refractivity contribution in [3.63, 3.8) is 0 Å². The van der Waals surface area contributed by atoms with Gasteiger partial charge in [0.2, 0.25) is 0 Å². The number of ether oxygens (including phenoxy) is 1.